The lowest BCUT2D eigenvalue weighted by Gasteiger charge is -2.41. The average molecular weight is 346 g/mol. The van der Waals surface area contributed by atoms with E-state index in [-0.39, 0.29) is 5.41 Å². The van der Waals surface area contributed by atoms with E-state index in [1.54, 1.807) is 0 Å². The summed E-state index contributed by atoms with van der Waals surface area (Å²) in [4.78, 5) is 0. The van der Waals surface area contributed by atoms with Crippen LogP contribution in [0.2, 0.25) is 0 Å². The minimum absolute atomic E-state index is 0.0433. The van der Waals surface area contributed by atoms with Gasteiger partial charge in [0.05, 0.1) is 11.5 Å². The SMILES string of the molecule is CCCCCCC1(C#N)CCC(C2CCC(CCCCC)CC2)CC1. The number of hydrogen-bond donors (Lipinski definition) is 0. The molecule has 0 spiro atoms. The van der Waals surface area contributed by atoms with Crippen LogP contribution in [0, 0.1) is 34.5 Å². The summed E-state index contributed by atoms with van der Waals surface area (Å²) in [6, 6.07) is 2.75. The van der Waals surface area contributed by atoms with Crippen molar-refractivity contribution in [1.82, 2.24) is 0 Å². The summed E-state index contributed by atoms with van der Waals surface area (Å²) in [6.45, 7) is 4.58. The highest BCUT2D eigenvalue weighted by Crippen LogP contribution is 2.47. The highest BCUT2D eigenvalue weighted by atomic mass is 14.4. The Morgan fingerprint density at radius 3 is 1.96 bits per heavy atom. The Balaban J connectivity index is 1.68. The van der Waals surface area contributed by atoms with Crippen LogP contribution in [0.25, 0.3) is 0 Å². The Morgan fingerprint density at radius 2 is 1.36 bits per heavy atom. The first-order chi connectivity index (χ1) is 12.2. The zero-order valence-electron chi connectivity index (χ0n) is 17.2. The first kappa shape index (κ1) is 20.8. The van der Waals surface area contributed by atoms with Gasteiger partial charge in [-0.05, 0) is 62.7 Å². The molecule has 0 amide bonds. The molecule has 2 saturated carbocycles. The van der Waals surface area contributed by atoms with E-state index in [4.69, 9.17) is 0 Å². The lowest BCUT2D eigenvalue weighted by Crippen LogP contribution is -2.31. The van der Waals surface area contributed by atoms with Gasteiger partial charge < -0.3 is 0 Å². The lowest BCUT2D eigenvalue weighted by atomic mass is 9.63. The first-order valence-corrected chi connectivity index (χ1v) is 11.6. The third-order valence-electron chi connectivity index (χ3n) is 7.51. The molecule has 0 aromatic heterocycles. The molecule has 0 bridgehead atoms. The van der Waals surface area contributed by atoms with Crippen LogP contribution < -0.4 is 0 Å². The zero-order valence-corrected chi connectivity index (χ0v) is 17.2. The molecule has 25 heavy (non-hydrogen) atoms. The van der Waals surface area contributed by atoms with Gasteiger partial charge in [-0.25, -0.2) is 0 Å². The first-order valence-electron chi connectivity index (χ1n) is 11.6. The Morgan fingerprint density at radius 1 is 0.760 bits per heavy atom. The van der Waals surface area contributed by atoms with E-state index in [1.807, 2.05) is 0 Å². The number of nitriles is 1. The third-order valence-corrected chi connectivity index (χ3v) is 7.51. The summed E-state index contributed by atoms with van der Waals surface area (Å²) in [5, 5.41) is 9.78. The Labute approximate surface area is 158 Å². The van der Waals surface area contributed by atoms with Crippen molar-refractivity contribution in [3.05, 3.63) is 0 Å². The summed E-state index contributed by atoms with van der Waals surface area (Å²) in [7, 11) is 0. The zero-order chi connectivity index (χ0) is 18.0. The third kappa shape index (κ3) is 6.62. The minimum atomic E-state index is 0.0433. The highest BCUT2D eigenvalue weighted by Gasteiger charge is 2.38. The van der Waals surface area contributed by atoms with Crippen LogP contribution in [0.15, 0.2) is 0 Å². The van der Waals surface area contributed by atoms with Gasteiger partial charge >= 0.3 is 0 Å². The van der Waals surface area contributed by atoms with E-state index in [9.17, 15) is 5.26 Å². The fraction of sp³-hybridized carbons (Fsp3) is 0.958. The quantitative estimate of drug-likeness (QED) is 0.367. The van der Waals surface area contributed by atoms with Crippen molar-refractivity contribution in [2.75, 3.05) is 0 Å². The van der Waals surface area contributed by atoms with Gasteiger partial charge in [0.15, 0.2) is 0 Å². The molecular weight excluding hydrogens is 302 g/mol. The molecule has 0 heterocycles. The molecule has 0 N–H and O–H groups in total. The standard InChI is InChI=1S/C24H43N/c1-3-5-7-9-17-24(20-25)18-15-23(16-19-24)22-13-11-21(12-14-22)10-8-6-4-2/h21-23H,3-19H2,1-2H3. The number of hydrogen-bond acceptors (Lipinski definition) is 1. The predicted molar refractivity (Wildman–Crippen MR) is 108 cm³/mol. The van der Waals surface area contributed by atoms with Crippen LogP contribution in [0.4, 0.5) is 0 Å². The smallest absolute Gasteiger partial charge is 0.0689 e. The van der Waals surface area contributed by atoms with Crippen LogP contribution in [0.1, 0.15) is 123 Å². The van der Waals surface area contributed by atoms with Crippen molar-refractivity contribution in [3.8, 4) is 6.07 Å². The van der Waals surface area contributed by atoms with Gasteiger partial charge in [-0.1, -0.05) is 78.1 Å². The van der Waals surface area contributed by atoms with Crippen LogP contribution in [-0.2, 0) is 0 Å². The summed E-state index contributed by atoms with van der Waals surface area (Å²) >= 11 is 0. The molecular formula is C24H43N. The molecule has 0 radical (unpaired) electrons. The maximum atomic E-state index is 9.78. The summed E-state index contributed by atoms with van der Waals surface area (Å²) < 4.78 is 0. The van der Waals surface area contributed by atoms with Gasteiger partial charge in [0.2, 0.25) is 0 Å². The van der Waals surface area contributed by atoms with Crippen molar-refractivity contribution in [3.63, 3.8) is 0 Å². The molecule has 0 unspecified atom stereocenters. The number of rotatable bonds is 10. The maximum Gasteiger partial charge on any atom is 0.0689 e. The topological polar surface area (TPSA) is 23.8 Å². The fourth-order valence-corrected chi connectivity index (χ4v) is 5.60. The molecule has 0 atom stereocenters. The van der Waals surface area contributed by atoms with E-state index in [0.717, 1.165) is 17.8 Å². The van der Waals surface area contributed by atoms with Crippen molar-refractivity contribution in [2.45, 2.75) is 123 Å². The molecule has 1 heteroatoms. The highest BCUT2D eigenvalue weighted by molar-refractivity contribution is 5.02. The molecule has 2 aliphatic rings. The molecule has 2 rings (SSSR count). The Bertz CT molecular complexity index is 377. The van der Waals surface area contributed by atoms with Crippen molar-refractivity contribution in [1.29, 1.82) is 5.26 Å². The van der Waals surface area contributed by atoms with Crippen molar-refractivity contribution >= 4 is 0 Å². The minimum Gasteiger partial charge on any atom is -0.198 e. The maximum absolute atomic E-state index is 9.78. The van der Waals surface area contributed by atoms with Crippen LogP contribution >= 0.6 is 0 Å². The van der Waals surface area contributed by atoms with E-state index in [0.29, 0.717) is 0 Å². The largest absolute Gasteiger partial charge is 0.198 e. The van der Waals surface area contributed by atoms with Crippen molar-refractivity contribution < 1.29 is 0 Å². The number of nitrogens with zero attached hydrogens (tertiary/aromatic N) is 1. The fourth-order valence-electron chi connectivity index (χ4n) is 5.60. The molecule has 0 saturated heterocycles. The summed E-state index contributed by atoms with van der Waals surface area (Å²) in [5.41, 5.74) is 0.0433. The molecule has 2 fully saturated rings. The van der Waals surface area contributed by atoms with Gasteiger partial charge in [-0.3, -0.25) is 0 Å². The van der Waals surface area contributed by atoms with Gasteiger partial charge in [-0.2, -0.15) is 5.26 Å². The molecule has 0 aromatic carbocycles. The van der Waals surface area contributed by atoms with E-state index in [2.05, 4.69) is 19.9 Å². The Kier molecular flexibility index (Phi) is 9.36. The summed E-state index contributed by atoms with van der Waals surface area (Å²) in [5.74, 6) is 2.95. The molecule has 2 aliphatic carbocycles. The second kappa shape index (κ2) is 11.3. The van der Waals surface area contributed by atoms with Crippen LogP contribution in [0.3, 0.4) is 0 Å². The molecule has 0 aromatic rings. The van der Waals surface area contributed by atoms with Gasteiger partial charge in [0.25, 0.3) is 0 Å². The lowest BCUT2D eigenvalue weighted by molar-refractivity contribution is 0.114. The molecule has 144 valence electrons. The van der Waals surface area contributed by atoms with Crippen LogP contribution in [-0.4, -0.2) is 0 Å². The predicted octanol–water partition coefficient (Wildman–Crippen LogP) is 8.04. The van der Waals surface area contributed by atoms with E-state index in [1.165, 1.54) is 109 Å². The van der Waals surface area contributed by atoms with Gasteiger partial charge in [0.1, 0.15) is 0 Å². The van der Waals surface area contributed by atoms with Gasteiger partial charge in [-0.15, -0.1) is 0 Å². The second-order valence-corrected chi connectivity index (χ2v) is 9.32. The monoisotopic (exact) mass is 345 g/mol. The van der Waals surface area contributed by atoms with Gasteiger partial charge in [0, 0.05) is 0 Å². The average Bonchev–Trinajstić information content (AvgIpc) is 2.67. The number of unbranched alkanes of at least 4 members (excludes halogenated alkanes) is 5. The van der Waals surface area contributed by atoms with E-state index >= 15 is 0 Å². The Hall–Kier alpha value is -0.510. The van der Waals surface area contributed by atoms with E-state index < -0.39 is 0 Å². The molecule has 0 aliphatic heterocycles. The van der Waals surface area contributed by atoms with Crippen molar-refractivity contribution in [2.24, 2.45) is 23.2 Å². The summed E-state index contributed by atoms with van der Waals surface area (Å²) in [6.07, 6.45) is 23.1. The second-order valence-electron chi connectivity index (χ2n) is 9.32. The van der Waals surface area contributed by atoms with Crippen LogP contribution in [0.5, 0.6) is 0 Å². The normalized spacial score (nSPS) is 33.1. The molecule has 1 nitrogen and oxygen atoms in total.